The Balaban J connectivity index is 2.00. The molecule has 0 radical (unpaired) electrons. The number of H-pyrrole nitrogens is 1. The van der Waals surface area contributed by atoms with Gasteiger partial charge < -0.3 is 20.1 Å². The Morgan fingerprint density at radius 3 is 2.72 bits per heavy atom. The van der Waals surface area contributed by atoms with Crippen LogP contribution in [-0.2, 0) is 11.3 Å². The first kappa shape index (κ1) is 17.0. The summed E-state index contributed by atoms with van der Waals surface area (Å²) in [6.45, 7) is 0.0731. The number of hydrogen-bond acceptors (Lipinski definition) is 8. The van der Waals surface area contributed by atoms with E-state index < -0.39 is 11.5 Å². The molecule has 4 N–H and O–H groups in total. The Bertz CT molecular complexity index is 980. The third kappa shape index (κ3) is 3.35. The van der Waals surface area contributed by atoms with Crippen molar-refractivity contribution in [1.29, 1.82) is 0 Å². The van der Waals surface area contributed by atoms with Crippen LogP contribution in [0.5, 0.6) is 0 Å². The average Bonchev–Trinajstić information content (AvgIpc) is 2.93. The van der Waals surface area contributed by atoms with Crippen LogP contribution in [0.3, 0.4) is 0 Å². The zero-order valence-corrected chi connectivity index (χ0v) is 14.0. The van der Waals surface area contributed by atoms with Crippen LogP contribution in [0.25, 0.3) is 11.2 Å². The predicted octanol–water partition coefficient (Wildman–Crippen LogP) is 0.632. The van der Waals surface area contributed by atoms with E-state index in [0.29, 0.717) is 16.4 Å². The van der Waals surface area contributed by atoms with Crippen molar-refractivity contribution in [3.63, 3.8) is 0 Å². The maximum absolute atomic E-state index is 12.0. The number of nitrogens with two attached hydrogens (primary N) is 1. The normalized spacial score (nSPS) is 11.0. The molecule has 10 heteroatoms. The number of fused-ring (bicyclic) bond motifs is 1. The van der Waals surface area contributed by atoms with Crippen molar-refractivity contribution in [3.05, 3.63) is 40.2 Å². The number of imidazole rings is 1. The number of ether oxygens (including phenoxy) is 1. The maximum Gasteiger partial charge on any atom is 0.337 e. The van der Waals surface area contributed by atoms with Crippen LogP contribution in [-0.4, -0.2) is 44.3 Å². The van der Waals surface area contributed by atoms with Gasteiger partial charge in [-0.3, -0.25) is 9.78 Å². The van der Waals surface area contributed by atoms with Gasteiger partial charge in [-0.25, -0.2) is 9.78 Å². The topological polar surface area (TPSA) is 136 Å². The van der Waals surface area contributed by atoms with Gasteiger partial charge in [-0.1, -0.05) is 11.8 Å². The maximum atomic E-state index is 12.0. The van der Waals surface area contributed by atoms with Gasteiger partial charge in [0.05, 0.1) is 19.3 Å². The first-order chi connectivity index (χ1) is 12.0. The number of aromatic amines is 1. The van der Waals surface area contributed by atoms with E-state index in [4.69, 9.17) is 5.73 Å². The zero-order chi connectivity index (χ0) is 18.0. The van der Waals surface area contributed by atoms with Gasteiger partial charge in [0.25, 0.3) is 5.56 Å². The molecule has 130 valence electrons. The van der Waals surface area contributed by atoms with Crippen molar-refractivity contribution in [2.75, 3.05) is 19.5 Å². The summed E-state index contributed by atoms with van der Waals surface area (Å²) in [5.74, 6) is -0.439. The minimum absolute atomic E-state index is 0.0180. The van der Waals surface area contributed by atoms with E-state index in [1.807, 2.05) is 0 Å². The number of methoxy groups -OCH3 is 1. The predicted molar refractivity (Wildman–Crippen MR) is 91.6 cm³/mol. The summed E-state index contributed by atoms with van der Waals surface area (Å²) in [6.07, 6.45) is 0. The molecule has 25 heavy (non-hydrogen) atoms. The molecule has 0 saturated carbocycles. The first-order valence-corrected chi connectivity index (χ1v) is 8.08. The molecule has 0 bridgehead atoms. The molecule has 9 nitrogen and oxygen atoms in total. The number of nitrogens with one attached hydrogen (secondary N) is 1. The number of aliphatic hydroxyl groups excluding tert-OH is 1. The van der Waals surface area contributed by atoms with Crippen molar-refractivity contribution in [3.8, 4) is 0 Å². The Kier molecular flexibility index (Phi) is 4.72. The summed E-state index contributed by atoms with van der Waals surface area (Å²) in [4.78, 5) is 35.1. The third-order valence-corrected chi connectivity index (χ3v) is 4.40. The van der Waals surface area contributed by atoms with Gasteiger partial charge in [0.15, 0.2) is 16.3 Å². The average molecular weight is 361 g/mol. The molecule has 0 aliphatic carbocycles. The fourth-order valence-corrected chi connectivity index (χ4v) is 3.18. The molecule has 3 aromatic rings. The number of carbonyl (C=O) groups is 1. The second kappa shape index (κ2) is 6.95. The molecule has 0 fully saturated rings. The minimum atomic E-state index is -0.443. The molecule has 3 rings (SSSR count). The van der Waals surface area contributed by atoms with Gasteiger partial charge in [0.2, 0.25) is 5.95 Å². The van der Waals surface area contributed by atoms with Crippen LogP contribution in [0.2, 0.25) is 0 Å². The number of aromatic nitrogens is 4. The van der Waals surface area contributed by atoms with Gasteiger partial charge in [-0.05, 0) is 24.3 Å². The number of carbonyl (C=O) groups excluding carboxylic acids is 1. The van der Waals surface area contributed by atoms with E-state index in [2.05, 4.69) is 19.7 Å². The lowest BCUT2D eigenvalue weighted by Gasteiger charge is -2.07. The molecular formula is C15H15N5O4S. The monoisotopic (exact) mass is 361 g/mol. The molecule has 0 saturated heterocycles. The summed E-state index contributed by atoms with van der Waals surface area (Å²) in [6, 6.07) is 6.75. The second-order valence-electron chi connectivity index (χ2n) is 5.01. The van der Waals surface area contributed by atoms with E-state index in [1.54, 1.807) is 28.8 Å². The number of aliphatic hydroxyl groups is 1. The van der Waals surface area contributed by atoms with Crippen molar-refractivity contribution in [2.24, 2.45) is 0 Å². The fourth-order valence-electron chi connectivity index (χ4n) is 2.27. The summed E-state index contributed by atoms with van der Waals surface area (Å²) >= 11 is 1.28. The van der Waals surface area contributed by atoms with E-state index >= 15 is 0 Å². The van der Waals surface area contributed by atoms with E-state index in [1.165, 1.54) is 18.9 Å². The first-order valence-electron chi connectivity index (χ1n) is 7.26. The number of esters is 1. The highest BCUT2D eigenvalue weighted by atomic mass is 32.2. The zero-order valence-electron chi connectivity index (χ0n) is 13.2. The van der Waals surface area contributed by atoms with Crippen molar-refractivity contribution in [2.45, 2.75) is 16.6 Å². The molecule has 0 unspecified atom stereocenters. The molecule has 0 spiro atoms. The van der Waals surface area contributed by atoms with Gasteiger partial charge in [0.1, 0.15) is 0 Å². The lowest BCUT2D eigenvalue weighted by atomic mass is 10.2. The molecule has 2 aromatic heterocycles. The lowest BCUT2D eigenvalue weighted by Crippen LogP contribution is -2.12. The number of benzene rings is 1. The Morgan fingerprint density at radius 2 is 2.08 bits per heavy atom. The van der Waals surface area contributed by atoms with Crippen LogP contribution in [0.4, 0.5) is 5.95 Å². The molecule has 0 aliphatic heterocycles. The highest BCUT2D eigenvalue weighted by molar-refractivity contribution is 7.99. The largest absolute Gasteiger partial charge is 0.465 e. The number of hydrogen-bond donors (Lipinski definition) is 3. The minimum Gasteiger partial charge on any atom is -0.465 e. The summed E-state index contributed by atoms with van der Waals surface area (Å²) in [7, 11) is 1.32. The van der Waals surface area contributed by atoms with Gasteiger partial charge in [-0.2, -0.15) is 4.98 Å². The lowest BCUT2D eigenvalue weighted by molar-refractivity contribution is 0.0600. The fraction of sp³-hybridized carbons (Fsp3) is 0.200. The Labute approximate surface area is 145 Å². The highest BCUT2D eigenvalue weighted by Gasteiger charge is 2.16. The SMILES string of the molecule is COC(=O)c1ccc(Sc2nc3c(=O)[nH]c(N)nc3n2CCO)cc1. The van der Waals surface area contributed by atoms with Gasteiger partial charge in [-0.15, -0.1) is 0 Å². The number of nitrogens with zero attached hydrogens (tertiary/aromatic N) is 3. The molecule has 0 atom stereocenters. The second-order valence-corrected chi connectivity index (χ2v) is 6.05. The summed E-state index contributed by atoms with van der Waals surface area (Å²) in [5, 5.41) is 9.78. The van der Waals surface area contributed by atoms with E-state index in [9.17, 15) is 14.7 Å². The number of anilines is 1. The van der Waals surface area contributed by atoms with Crippen molar-refractivity contribution >= 4 is 34.8 Å². The molecular weight excluding hydrogens is 346 g/mol. The molecule has 0 aliphatic rings. The molecule has 2 heterocycles. The third-order valence-electron chi connectivity index (χ3n) is 3.40. The smallest absolute Gasteiger partial charge is 0.337 e. The number of nitrogen functional groups attached to an aromatic ring is 1. The van der Waals surface area contributed by atoms with Gasteiger partial charge >= 0.3 is 5.97 Å². The van der Waals surface area contributed by atoms with Crippen molar-refractivity contribution in [1.82, 2.24) is 19.5 Å². The van der Waals surface area contributed by atoms with Crippen LogP contribution in [0.15, 0.2) is 39.1 Å². The van der Waals surface area contributed by atoms with Gasteiger partial charge in [0, 0.05) is 11.4 Å². The Hall–Kier alpha value is -2.85. The van der Waals surface area contributed by atoms with Crippen LogP contribution in [0.1, 0.15) is 10.4 Å². The van der Waals surface area contributed by atoms with Crippen LogP contribution >= 0.6 is 11.8 Å². The molecule has 0 amide bonds. The Morgan fingerprint density at radius 1 is 1.36 bits per heavy atom. The van der Waals surface area contributed by atoms with Crippen molar-refractivity contribution < 1.29 is 14.6 Å². The number of rotatable bonds is 5. The van der Waals surface area contributed by atoms with E-state index in [-0.39, 0.29) is 24.6 Å². The standard InChI is InChI=1S/C15H15N5O4S/c1-24-13(23)8-2-4-9(5-3-8)25-15-17-10-11(20(15)6-7-21)18-14(16)19-12(10)22/h2-5,21H,6-7H2,1H3,(H3,16,18,19,22). The van der Waals surface area contributed by atoms with E-state index in [0.717, 1.165) is 4.90 Å². The molecule has 1 aromatic carbocycles. The van der Waals surface area contributed by atoms with Crippen LogP contribution in [0, 0.1) is 0 Å². The summed E-state index contributed by atoms with van der Waals surface area (Å²) in [5.41, 5.74) is 6.04. The summed E-state index contributed by atoms with van der Waals surface area (Å²) < 4.78 is 6.29. The highest BCUT2D eigenvalue weighted by Crippen LogP contribution is 2.29. The van der Waals surface area contributed by atoms with Crippen LogP contribution < -0.4 is 11.3 Å². The quantitative estimate of drug-likeness (QED) is 0.563.